The van der Waals surface area contributed by atoms with Crippen molar-refractivity contribution < 1.29 is 23.5 Å². The quantitative estimate of drug-likeness (QED) is 0.649. The van der Waals surface area contributed by atoms with Crippen molar-refractivity contribution in [1.82, 2.24) is 4.90 Å². The summed E-state index contributed by atoms with van der Waals surface area (Å²) in [4.78, 5) is 26.7. The van der Waals surface area contributed by atoms with Crippen molar-refractivity contribution in [2.24, 2.45) is 11.8 Å². The highest BCUT2D eigenvalue weighted by molar-refractivity contribution is 6.69. The van der Waals surface area contributed by atoms with Gasteiger partial charge in [0.05, 0.1) is 25.2 Å². The molecule has 0 unspecified atom stereocenters. The van der Waals surface area contributed by atoms with Gasteiger partial charge in [-0.2, -0.15) is 0 Å². The molecule has 1 aromatic carbocycles. The minimum Gasteiger partial charge on any atom is -0.497 e. The lowest BCUT2D eigenvalue weighted by Gasteiger charge is -2.33. The first-order valence-corrected chi connectivity index (χ1v) is 12.8. The monoisotopic (exact) mass is 393 g/mol. The fourth-order valence-electron chi connectivity index (χ4n) is 3.16. The van der Waals surface area contributed by atoms with E-state index >= 15 is 0 Å². The SMILES string of the molecule is COc1ccc([C@@H](O[Si](C)(C)C)[C@@H](C)C(=O)N2C(=O)OC[C@@H]2C(C)C)cc1. The number of ether oxygens (including phenoxy) is 2. The second-order valence-electron chi connectivity index (χ2n) is 8.31. The fraction of sp³-hybridized carbons (Fsp3) is 0.600. The van der Waals surface area contributed by atoms with Crippen LogP contribution in [0, 0.1) is 11.8 Å². The molecule has 7 heteroatoms. The maximum Gasteiger partial charge on any atom is 0.416 e. The summed E-state index contributed by atoms with van der Waals surface area (Å²) in [5.74, 6) is 0.102. The standard InChI is InChI=1S/C20H31NO5Si/c1-13(2)17-12-25-20(23)21(17)19(22)14(3)18(26-27(5,6)7)15-8-10-16(24-4)11-9-15/h8-11,13-14,17-18H,12H2,1-7H3/t14-,17-,18+/m1/s1. The molecular weight excluding hydrogens is 362 g/mol. The minimum atomic E-state index is -1.95. The zero-order valence-electron chi connectivity index (χ0n) is 17.3. The summed E-state index contributed by atoms with van der Waals surface area (Å²) < 4.78 is 16.7. The van der Waals surface area contributed by atoms with Crippen LogP contribution in [0.15, 0.2) is 24.3 Å². The van der Waals surface area contributed by atoms with Gasteiger partial charge in [-0.15, -0.1) is 0 Å². The molecule has 1 aliphatic rings. The van der Waals surface area contributed by atoms with Crippen molar-refractivity contribution in [1.29, 1.82) is 0 Å². The Morgan fingerprint density at radius 2 is 1.78 bits per heavy atom. The van der Waals surface area contributed by atoms with Crippen molar-refractivity contribution in [2.45, 2.75) is 52.6 Å². The Balaban J connectivity index is 2.33. The molecule has 0 N–H and O–H groups in total. The Morgan fingerprint density at radius 1 is 1.19 bits per heavy atom. The first-order valence-electron chi connectivity index (χ1n) is 9.36. The zero-order chi connectivity index (χ0) is 20.4. The summed E-state index contributed by atoms with van der Waals surface area (Å²) in [6.45, 7) is 12.3. The molecule has 1 aliphatic heterocycles. The molecule has 0 aliphatic carbocycles. The molecule has 0 aromatic heterocycles. The number of methoxy groups -OCH3 is 1. The predicted molar refractivity (Wildman–Crippen MR) is 106 cm³/mol. The summed E-state index contributed by atoms with van der Waals surface area (Å²) in [5, 5.41) is 0. The third-order valence-corrected chi connectivity index (χ3v) is 5.64. The molecule has 0 saturated carbocycles. The van der Waals surface area contributed by atoms with Gasteiger partial charge in [-0.3, -0.25) is 4.79 Å². The summed E-state index contributed by atoms with van der Waals surface area (Å²) >= 11 is 0. The molecule has 0 spiro atoms. The van der Waals surface area contributed by atoms with Crippen LogP contribution >= 0.6 is 0 Å². The van der Waals surface area contributed by atoms with E-state index in [0.29, 0.717) is 0 Å². The largest absolute Gasteiger partial charge is 0.497 e. The van der Waals surface area contributed by atoms with Gasteiger partial charge in [0.25, 0.3) is 0 Å². The molecule has 27 heavy (non-hydrogen) atoms. The van der Waals surface area contributed by atoms with Gasteiger partial charge >= 0.3 is 6.09 Å². The van der Waals surface area contributed by atoms with E-state index in [0.717, 1.165) is 11.3 Å². The van der Waals surface area contributed by atoms with Gasteiger partial charge in [-0.1, -0.05) is 32.9 Å². The number of nitrogens with zero attached hydrogens (tertiary/aromatic N) is 1. The Morgan fingerprint density at radius 3 is 2.26 bits per heavy atom. The second-order valence-corrected chi connectivity index (χ2v) is 12.8. The van der Waals surface area contributed by atoms with Crippen LogP contribution in [-0.2, 0) is 14.0 Å². The second kappa shape index (κ2) is 8.44. The number of benzene rings is 1. The van der Waals surface area contributed by atoms with Crippen LogP contribution in [0.3, 0.4) is 0 Å². The molecule has 6 nitrogen and oxygen atoms in total. The zero-order valence-corrected chi connectivity index (χ0v) is 18.3. The van der Waals surface area contributed by atoms with Crippen LogP contribution in [0.5, 0.6) is 5.75 Å². The van der Waals surface area contributed by atoms with Gasteiger partial charge in [0.1, 0.15) is 12.4 Å². The molecule has 1 heterocycles. The summed E-state index contributed by atoms with van der Waals surface area (Å²) in [6.07, 6.45) is -0.997. The molecule has 0 bridgehead atoms. The Labute approximate surface area is 162 Å². The van der Waals surface area contributed by atoms with Crippen molar-refractivity contribution in [3.05, 3.63) is 29.8 Å². The normalized spacial score (nSPS) is 19.8. The van der Waals surface area contributed by atoms with E-state index < -0.39 is 26.4 Å². The van der Waals surface area contributed by atoms with Gasteiger partial charge in [-0.05, 0) is 43.3 Å². The Kier molecular flexibility index (Phi) is 6.70. The smallest absolute Gasteiger partial charge is 0.416 e. The number of hydrogen-bond donors (Lipinski definition) is 0. The maximum absolute atomic E-state index is 13.2. The van der Waals surface area contributed by atoms with E-state index in [1.165, 1.54) is 4.90 Å². The van der Waals surface area contributed by atoms with E-state index in [1.807, 2.05) is 45.0 Å². The fourth-order valence-corrected chi connectivity index (χ4v) is 4.26. The van der Waals surface area contributed by atoms with Crippen molar-refractivity contribution in [2.75, 3.05) is 13.7 Å². The van der Waals surface area contributed by atoms with E-state index in [2.05, 4.69) is 19.6 Å². The first kappa shape index (κ1) is 21.4. The number of hydrogen-bond acceptors (Lipinski definition) is 5. The van der Waals surface area contributed by atoms with E-state index in [-0.39, 0.29) is 24.5 Å². The number of rotatable bonds is 7. The van der Waals surface area contributed by atoms with E-state index in [1.54, 1.807) is 7.11 Å². The van der Waals surface area contributed by atoms with Gasteiger partial charge in [0.15, 0.2) is 8.32 Å². The number of cyclic esters (lactones) is 1. The highest BCUT2D eigenvalue weighted by Crippen LogP contribution is 2.33. The number of imide groups is 1. The van der Waals surface area contributed by atoms with Crippen LogP contribution in [0.2, 0.25) is 19.6 Å². The van der Waals surface area contributed by atoms with Gasteiger partial charge in [-0.25, -0.2) is 9.69 Å². The van der Waals surface area contributed by atoms with Crippen molar-refractivity contribution in [3.63, 3.8) is 0 Å². The van der Waals surface area contributed by atoms with Crippen LogP contribution in [0.25, 0.3) is 0 Å². The highest BCUT2D eigenvalue weighted by Gasteiger charge is 2.43. The molecule has 1 saturated heterocycles. The van der Waals surface area contributed by atoms with Crippen LogP contribution < -0.4 is 4.74 Å². The highest BCUT2D eigenvalue weighted by atomic mass is 28.4. The number of carbonyl (C=O) groups is 2. The number of amides is 2. The molecule has 1 aromatic rings. The summed E-state index contributed by atoms with van der Waals surface area (Å²) in [7, 11) is -0.334. The molecule has 3 atom stereocenters. The van der Waals surface area contributed by atoms with Crippen molar-refractivity contribution in [3.8, 4) is 5.75 Å². The van der Waals surface area contributed by atoms with Crippen molar-refractivity contribution >= 4 is 20.3 Å². The van der Waals surface area contributed by atoms with E-state index in [9.17, 15) is 9.59 Å². The summed E-state index contributed by atoms with van der Waals surface area (Å²) in [6, 6.07) is 7.30. The first-order chi connectivity index (χ1) is 12.5. The average Bonchev–Trinajstić information content (AvgIpc) is 2.99. The van der Waals surface area contributed by atoms with Gasteiger partial charge < -0.3 is 13.9 Å². The molecular formula is C20H31NO5Si. The lowest BCUT2D eigenvalue weighted by atomic mass is 9.94. The minimum absolute atomic E-state index is 0.130. The van der Waals surface area contributed by atoms with Crippen LogP contribution in [0.4, 0.5) is 4.79 Å². The van der Waals surface area contributed by atoms with E-state index in [4.69, 9.17) is 13.9 Å². The van der Waals surface area contributed by atoms with Gasteiger partial charge in [0, 0.05) is 0 Å². The van der Waals surface area contributed by atoms with Gasteiger partial charge in [0.2, 0.25) is 5.91 Å². The van der Waals surface area contributed by atoms with Crippen LogP contribution in [0.1, 0.15) is 32.4 Å². The molecule has 150 valence electrons. The summed E-state index contributed by atoms with van der Waals surface area (Å²) in [5.41, 5.74) is 0.896. The molecule has 1 fully saturated rings. The number of carbonyl (C=O) groups excluding carboxylic acids is 2. The topological polar surface area (TPSA) is 65.1 Å². The lowest BCUT2D eigenvalue weighted by Crippen LogP contribution is -2.46. The third kappa shape index (κ3) is 5.10. The lowest BCUT2D eigenvalue weighted by molar-refractivity contribution is -0.136. The Bertz CT molecular complexity index is 668. The third-order valence-electron chi connectivity index (χ3n) is 4.68. The maximum atomic E-state index is 13.2. The molecule has 0 radical (unpaired) electrons. The predicted octanol–water partition coefficient (Wildman–Crippen LogP) is 4.23. The van der Waals surface area contributed by atoms with Crippen LogP contribution in [-0.4, -0.2) is 45.0 Å². The molecule has 2 rings (SSSR count). The molecule has 2 amide bonds. The Hall–Kier alpha value is -1.86. The average molecular weight is 394 g/mol.